The molecule has 1 aliphatic heterocycles. The summed E-state index contributed by atoms with van der Waals surface area (Å²) < 4.78 is 71.5. The molecule has 0 bridgehead atoms. The standard InChI is InChI=1S/C34H37F2N3O7S/c1-37-33(40)31-28-17-27(22-6-5-7-23(16-22)34(41)39-25(19-44-2)12-13-26(39)20-45-3)29(38(15-14-35)47(4,42)43)18-30(28)46-32(31)21-8-10-24(36)11-9-21/h5-11,16-18,25-26H,12-15,19-20H2,1-4H3,(H,37,40)/t25-,26-/m1/s1. The van der Waals surface area contributed by atoms with Crippen LogP contribution in [0.2, 0.25) is 0 Å². The first-order chi connectivity index (χ1) is 22.5. The normalized spacial score (nSPS) is 16.5. The predicted octanol–water partition coefficient (Wildman–Crippen LogP) is 5.27. The van der Waals surface area contributed by atoms with Crippen molar-refractivity contribution >= 4 is 38.5 Å². The molecule has 47 heavy (non-hydrogen) atoms. The summed E-state index contributed by atoms with van der Waals surface area (Å²) >= 11 is 0. The number of nitrogens with zero attached hydrogens (tertiary/aromatic N) is 2. The third kappa shape index (κ3) is 6.87. The highest BCUT2D eigenvalue weighted by Crippen LogP contribution is 2.42. The Hall–Kier alpha value is -4.33. The van der Waals surface area contributed by atoms with Crippen molar-refractivity contribution in [2.75, 3.05) is 58.3 Å². The van der Waals surface area contributed by atoms with Crippen LogP contribution in [-0.4, -0.2) is 91.2 Å². The van der Waals surface area contributed by atoms with Gasteiger partial charge in [0.25, 0.3) is 11.8 Å². The second-order valence-electron chi connectivity index (χ2n) is 11.4. The van der Waals surface area contributed by atoms with Crippen LogP contribution in [0.5, 0.6) is 0 Å². The number of ether oxygens (including phenoxy) is 2. The summed E-state index contributed by atoms with van der Waals surface area (Å²) in [4.78, 5) is 29.1. The first-order valence-corrected chi connectivity index (χ1v) is 16.9. The van der Waals surface area contributed by atoms with Crippen LogP contribution in [0.3, 0.4) is 0 Å². The Balaban J connectivity index is 1.73. The lowest BCUT2D eigenvalue weighted by atomic mass is 9.97. The number of nitrogens with one attached hydrogen (secondary N) is 1. The monoisotopic (exact) mass is 669 g/mol. The van der Waals surface area contributed by atoms with E-state index >= 15 is 0 Å². The highest BCUT2D eigenvalue weighted by atomic mass is 32.2. The number of fused-ring (bicyclic) bond motifs is 1. The van der Waals surface area contributed by atoms with E-state index in [1.807, 2.05) is 0 Å². The van der Waals surface area contributed by atoms with Gasteiger partial charge in [-0.3, -0.25) is 13.9 Å². The Morgan fingerprint density at radius 2 is 1.66 bits per heavy atom. The molecule has 2 atom stereocenters. The zero-order valence-electron chi connectivity index (χ0n) is 26.6. The number of halogens is 2. The Labute approximate surface area is 272 Å². The van der Waals surface area contributed by atoms with Crippen molar-refractivity contribution in [1.82, 2.24) is 10.2 Å². The average molecular weight is 670 g/mol. The second-order valence-corrected chi connectivity index (χ2v) is 13.3. The molecular weight excluding hydrogens is 632 g/mol. The minimum absolute atomic E-state index is 0.0980. The van der Waals surface area contributed by atoms with Gasteiger partial charge in [0, 0.05) is 49.4 Å². The van der Waals surface area contributed by atoms with E-state index in [2.05, 4.69) is 5.32 Å². The molecule has 1 N–H and O–H groups in total. The number of likely N-dealkylation sites (tertiary alicyclic amines) is 1. The zero-order valence-corrected chi connectivity index (χ0v) is 27.4. The first-order valence-electron chi connectivity index (χ1n) is 15.1. The number of amides is 2. The maximum absolute atomic E-state index is 14.0. The minimum atomic E-state index is -4.00. The summed E-state index contributed by atoms with van der Waals surface area (Å²) in [6, 6.07) is 14.8. The SMILES string of the molecule is CNC(=O)c1c(-c2ccc(F)cc2)oc2cc(N(CCF)S(C)(=O)=O)c(-c3cccc(C(=O)N4[C@@H](COC)CC[C@@H]4COC)c3)cc12. The summed E-state index contributed by atoms with van der Waals surface area (Å²) in [6.07, 6.45) is 2.47. The van der Waals surface area contributed by atoms with Gasteiger partial charge < -0.3 is 24.1 Å². The average Bonchev–Trinajstić information content (AvgIpc) is 3.63. The number of carbonyl (C=O) groups excluding carboxylic acids is 2. The molecule has 2 heterocycles. The number of hydrogen-bond acceptors (Lipinski definition) is 7. The second kappa shape index (κ2) is 14.2. The van der Waals surface area contributed by atoms with Crippen LogP contribution >= 0.6 is 0 Å². The van der Waals surface area contributed by atoms with Gasteiger partial charge in [-0.2, -0.15) is 0 Å². The van der Waals surface area contributed by atoms with E-state index in [4.69, 9.17) is 13.9 Å². The lowest BCUT2D eigenvalue weighted by Gasteiger charge is -2.30. The molecule has 0 saturated carbocycles. The molecule has 250 valence electrons. The van der Waals surface area contributed by atoms with Crippen LogP contribution in [0, 0.1) is 5.82 Å². The Kier molecular flexibility index (Phi) is 10.3. The molecule has 0 unspecified atom stereocenters. The molecule has 5 rings (SSSR count). The van der Waals surface area contributed by atoms with Gasteiger partial charge in [0.2, 0.25) is 10.0 Å². The van der Waals surface area contributed by atoms with E-state index in [1.54, 1.807) is 49.5 Å². The van der Waals surface area contributed by atoms with Crippen LogP contribution in [0.1, 0.15) is 33.6 Å². The van der Waals surface area contributed by atoms with Crippen molar-refractivity contribution < 1.29 is 40.7 Å². The minimum Gasteiger partial charge on any atom is -0.455 e. The summed E-state index contributed by atoms with van der Waals surface area (Å²) in [5, 5.41) is 2.95. The third-order valence-corrected chi connectivity index (χ3v) is 9.50. The summed E-state index contributed by atoms with van der Waals surface area (Å²) in [5.74, 6) is -1.06. The molecule has 2 amide bonds. The van der Waals surface area contributed by atoms with Crippen molar-refractivity contribution in [2.45, 2.75) is 24.9 Å². The lowest BCUT2D eigenvalue weighted by Crippen LogP contribution is -2.44. The van der Waals surface area contributed by atoms with Gasteiger partial charge in [-0.15, -0.1) is 0 Å². The molecule has 1 fully saturated rings. The number of methoxy groups -OCH3 is 2. The number of anilines is 1. The molecule has 0 radical (unpaired) electrons. The third-order valence-electron chi connectivity index (χ3n) is 8.32. The topological polar surface area (TPSA) is 118 Å². The largest absolute Gasteiger partial charge is 0.455 e. The van der Waals surface area contributed by atoms with Crippen LogP contribution < -0.4 is 9.62 Å². The summed E-state index contributed by atoms with van der Waals surface area (Å²) in [7, 11) is 0.624. The fraction of sp³-hybridized carbons (Fsp3) is 0.353. The molecule has 4 aromatic rings. The van der Waals surface area contributed by atoms with Crippen LogP contribution in [-0.2, 0) is 19.5 Å². The number of furan rings is 1. The van der Waals surface area contributed by atoms with Gasteiger partial charge in [0.1, 0.15) is 23.8 Å². The van der Waals surface area contributed by atoms with Gasteiger partial charge in [-0.05, 0) is 60.9 Å². The van der Waals surface area contributed by atoms with Gasteiger partial charge in [0.05, 0.1) is 49.3 Å². The van der Waals surface area contributed by atoms with Crippen molar-refractivity contribution in [3.63, 3.8) is 0 Å². The van der Waals surface area contributed by atoms with Gasteiger partial charge in [0.15, 0.2) is 0 Å². The maximum Gasteiger partial charge on any atom is 0.255 e. The van der Waals surface area contributed by atoms with Crippen molar-refractivity contribution in [3.05, 3.63) is 77.6 Å². The van der Waals surface area contributed by atoms with Gasteiger partial charge in [-0.1, -0.05) is 12.1 Å². The predicted molar refractivity (Wildman–Crippen MR) is 175 cm³/mol. The summed E-state index contributed by atoms with van der Waals surface area (Å²) in [6.45, 7) is -0.729. The van der Waals surface area contributed by atoms with E-state index in [9.17, 15) is 26.8 Å². The molecular formula is C34H37F2N3O7S. The number of alkyl halides is 1. The van der Waals surface area contributed by atoms with Crippen LogP contribution in [0.4, 0.5) is 14.5 Å². The molecule has 0 aliphatic carbocycles. The molecule has 1 aliphatic rings. The highest BCUT2D eigenvalue weighted by molar-refractivity contribution is 7.92. The molecule has 10 nitrogen and oxygen atoms in total. The Morgan fingerprint density at radius 1 is 1.00 bits per heavy atom. The number of hydrogen-bond donors (Lipinski definition) is 1. The van der Waals surface area contributed by atoms with Crippen molar-refractivity contribution in [3.8, 4) is 22.5 Å². The van der Waals surface area contributed by atoms with E-state index < -0.39 is 35.0 Å². The number of rotatable bonds is 12. The van der Waals surface area contributed by atoms with Crippen molar-refractivity contribution in [2.24, 2.45) is 0 Å². The van der Waals surface area contributed by atoms with E-state index in [0.29, 0.717) is 40.9 Å². The van der Waals surface area contributed by atoms with Crippen LogP contribution in [0.15, 0.2) is 65.1 Å². The zero-order chi connectivity index (χ0) is 33.9. The lowest BCUT2D eigenvalue weighted by molar-refractivity contribution is 0.0420. The molecule has 13 heteroatoms. The number of sulfonamides is 1. The fourth-order valence-electron chi connectivity index (χ4n) is 6.24. The van der Waals surface area contributed by atoms with Gasteiger partial charge >= 0.3 is 0 Å². The molecule has 3 aromatic carbocycles. The smallest absolute Gasteiger partial charge is 0.255 e. The summed E-state index contributed by atoms with van der Waals surface area (Å²) in [5.41, 5.74) is 1.95. The molecule has 1 aromatic heterocycles. The number of benzene rings is 3. The maximum atomic E-state index is 14.0. The van der Waals surface area contributed by atoms with Crippen molar-refractivity contribution in [1.29, 1.82) is 0 Å². The first kappa shape index (κ1) is 34.0. The highest BCUT2D eigenvalue weighted by Gasteiger charge is 2.37. The van der Waals surface area contributed by atoms with E-state index in [-0.39, 0.29) is 40.6 Å². The van der Waals surface area contributed by atoms with E-state index in [0.717, 1.165) is 23.4 Å². The molecule has 0 spiro atoms. The van der Waals surface area contributed by atoms with Gasteiger partial charge in [-0.25, -0.2) is 17.2 Å². The molecule has 1 saturated heterocycles. The van der Waals surface area contributed by atoms with Crippen LogP contribution in [0.25, 0.3) is 33.4 Å². The Morgan fingerprint density at radius 3 is 2.23 bits per heavy atom. The number of carbonyl (C=O) groups is 2. The quantitative estimate of drug-likeness (QED) is 0.219. The van der Waals surface area contributed by atoms with E-state index in [1.165, 1.54) is 37.4 Å². The Bertz CT molecular complexity index is 1860. The fourth-order valence-corrected chi connectivity index (χ4v) is 7.15.